The molecule has 0 saturated carbocycles. The molecule has 3 aromatic rings. The molecule has 1 aliphatic rings. The first kappa shape index (κ1) is 22.4. The van der Waals surface area contributed by atoms with Gasteiger partial charge in [0.2, 0.25) is 12.7 Å². The fourth-order valence-electron chi connectivity index (χ4n) is 3.57. The molecule has 0 aliphatic carbocycles. The lowest BCUT2D eigenvalue weighted by Crippen LogP contribution is -2.42. The fraction of sp³-hybridized carbons (Fsp3) is 0.333. The van der Waals surface area contributed by atoms with Gasteiger partial charge in [-0.05, 0) is 59.5 Å². The molecular weight excluding hydrogens is 444 g/mol. The molecule has 168 valence electrons. The van der Waals surface area contributed by atoms with E-state index in [4.69, 9.17) is 9.47 Å². The Morgan fingerprint density at radius 1 is 1.00 bits per heavy atom. The molecule has 3 heterocycles. The van der Waals surface area contributed by atoms with Crippen LogP contribution in [0.2, 0.25) is 0 Å². The van der Waals surface area contributed by atoms with Gasteiger partial charge in [-0.3, -0.25) is 9.59 Å². The van der Waals surface area contributed by atoms with Crippen molar-refractivity contribution in [1.82, 2.24) is 9.80 Å². The molecule has 8 heteroatoms. The average Bonchev–Trinajstić information content (AvgIpc) is 3.55. The Hall–Kier alpha value is -2.84. The summed E-state index contributed by atoms with van der Waals surface area (Å²) in [6.45, 7) is 5.81. The maximum absolute atomic E-state index is 13.5. The average molecular weight is 471 g/mol. The van der Waals surface area contributed by atoms with E-state index < -0.39 is 0 Å². The second-order valence-corrected chi connectivity index (χ2v) is 9.62. The van der Waals surface area contributed by atoms with Crippen molar-refractivity contribution in [3.05, 3.63) is 68.0 Å². The van der Waals surface area contributed by atoms with E-state index in [0.29, 0.717) is 30.3 Å². The summed E-state index contributed by atoms with van der Waals surface area (Å²) < 4.78 is 10.9. The van der Waals surface area contributed by atoms with Crippen LogP contribution in [0.25, 0.3) is 0 Å². The van der Waals surface area contributed by atoms with E-state index in [2.05, 4.69) is 13.0 Å². The van der Waals surface area contributed by atoms with Gasteiger partial charge in [0.25, 0.3) is 5.91 Å². The lowest BCUT2D eigenvalue weighted by atomic mass is 10.1. The second kappa shape index (κ2) is 10.2. The largest absolute Gasteiger partial charge is 0.454 e. The van der Waals surface area contributed by atoms with Gasteiger partial charge in [0.1, 0.15) is 6.54 Å². The van der Waals surface area contributed by atoms with Crippen LogP contribution in [-0.2, 0) is 17.9 Å². The highest BCUT2D eigenvalue weighted by Crippen LogP contribution is 2.33. The number of fused-ring (bicyclic) bond motifs is 1. The highest BCUT2D eigenvalue weighted by atomic mass is 32.1. The molecule has 0 radical (unpaired) electrons. The molecule has 0 spiro atoms. The number of carbonyl (C=O) groups excluding carboxylic acids is 2. The monoisotopic (exact) mass is 470 g/mol. The zero-order valence-corrected chi connectivity index (χ0v) is 19.8. The molecular formula is C24H26N2O4S2. The summed E-state index contributed by atoms with van der Waals surface area (Å²) in [5.41, 5.74) is 2.13. The minimum atomic E-state index is -0.0921. The molecule has 1 aliphatic heterocycles. The van der Waals surface area contributed by atoms with Crippen molar-refractivity contribution in [2.75, 3.05) is 19.9 Å². The Bertz CT molecular complexity index is 1080. The lowest BCUT2D eigenvalue weighted by Gasteiger charge is -2.27. The third kappa shape index (κ3) is 5.14. The molecule has 6 nitrogen and oxygen atoms in total. The Kier molecular flexibility index (Phi) is 7.12. The minimum Gasteiger partial charge on any atom is -0.454 e. The predicted molar refractivity (Wildman–Crippen MR) is 126 cm³/mol. The number of thiophene rings is 2. The van der Waals surface area contributed by atoms with Crippen LogP contribution in [0.3, 0.4) is 0 Å². The van der Waals surface area contributed by atoms with E-state index in [1.807, 2.05) is 46.8 Å². The van der Waals surface area contributed by atoms with Crippen LogP contribution in [0.5, 0.6) is 11.5 Å². The van der Waals surface area contributed by atoms with Gasteiger partial charge in [0.15, 0.2) is 11.5 Å². The van der Waals surface area contributed by atoms with Crippen LogP contribution >= 0.6 is 22.7 Å². The number of hydrogen-bond acceptors (Lipinski definition) is 6. The van der Waals surface area contributed by atoms with Gasteiger partial charge in [-0.15, -0.1) is 22.7 Å². The number of hydrogen-bond donors (Lipinski definition) is 0. The Morgan fingerprint density at radius 2 is 1.84 bits per heavy atom. The summed E-state index contributed by atoms with van der Waals surface area (Å²) in [7, 11) is 0. The molecule has 1 aromatic carbocycles. The molecule has 0 unspecified atom stereocenters. The quantitative estimate of drug-likeness (QED) is 0.445. The third-order valence-corrected chi connectivity index (χ3v) is 7.17. The smallest absolute Gasteiger partial charge is 0.264 e. The summed E-state index contributed by atoms with van der Waals surface area (Å²) >= 11 is 3.04. The number of rotatable bonds is 9. The number of ether oxygens (including phenoxy) is 2. The molecule has 0 saturated heterocycles. The maximum atomic E-state index is 13.5. The maximum Gasteiger partial charge on any atom is 0.264 e. The molecule has 0 bridgehead atoms. The minimum absolute atomic E-state index is 0.0551. The topological polar surface area (TPSA) is 59.1 Å². The molecule has 0 N–H and O–H groups in total. The SMILES string of the molecule is CCCN(CC(=O)N(Cc1ccc2c(c1)OCO2)Cc1sccc1C)C(=O)c1cccs1. The number of amides is 2. The molecule has 4 rings (SSSR count). The predicted octanol–water partition coefficient (Wildman–Crippen LogP) is 4.93. The Labute approximate surface area is 196 Å². The van der Waals surface area contributed by atoms with Crippen LogP contribution in [0.4, 0.5) is 0 Å². The lowest BCUT2D eigenvalue weighted by molar-refractivity contribution is -0.133. The van der Waals surface area contributed by atoms with Gasteiger partial charge >= 0.3 is 0 Å². The van der Waals surface area contributed by atoms with E-state index >= 15 is 0 Å². The number of carbonyl (C=O) groups is 2. The van der Waals surface area contributed by atoms with Gasteiger partial charge in [-0.1, -0.05) is 19.1 Å². The molecule has 0 fully saturated rings. The van der Waals surface area contributed by atoms with Crippen molar-refractivity contribution >= 4 is 34.5 Å². The van der Waals surface area contributed by atoms with Crippen LogP contribution in [0.15, 0.2) is 47.2 Å². The van der Waals surface area contributed by atoms with E-state index in [-0.39, 0.29) is 25.2 Å². The Balaban J connectivity index is 1.54. The first-order chi connectivity index (χ1) is 15.5. The number of benzene rings is 1. The van der Waals surface area contributed by atoms with Gasteiger partial charge in [0, 0.05) is 18.0 Å². The fourth-order valence-corrected chi connectivity index (χ4v) is 5.18. The van der Waals surface area contributed by atoms with E-state index in [1.165, 1.54) is 16.9 Å². The van der Waals surface area contributed by atoms with Crippen LogP contribution in [0, 0.1) is 6.92 Å². The Morgan fingerprint density at radius 3 is 2.56 bits per heavy atom. The summed E-state index contributed by atoms with van der Waals surface area (Å²) in [4.78, 5) is 31.7. The highest BCUT2D eigenvalue weighted by Gasteiger charge is 2.24. The van der Waals surface area contributed by atoms with Gasteiger partial charge in [-0.2, -0.15) is 0 Å². The summed E-state index contributed by atoms with van der Waals surface area (Å²) in [5.74, 6) is 1.25. The van der Waals surface area contributed by atoms with Crippen LogP contribution in [-0.4, -0.2) is 41.5 Å². The third-order valence-electron chi connectivity index (χ3n) is 5.30. The first-order valence-corrected chi connectivity index (χ1v) is 12.3. The summed E-state index contributed by atoms with van der Waals surface area (Å²) in [6, 6.07) is 11.5. The highest BCUT2D eigenvalue weighted by molar-refractivity contribution is 7.12. The molecule has 2 amide bonds. The zero-order valence-electron chi connectivity index (χ0n) is 18.2. The van der Waals surface area contributed by atoms with E-state index in [0.717, 1.165) is 22.6 Å². The van der Waals surface area contributed by atoms with Crippen LogP contribution < -0.4 is 9.47 Å². The van der Waals surface area contributed by atoms with Crippen molar-refractivity contribution in [2.24, 2.45) is 0 Å². The summed E-state index contributed by atoms with van der Waals surface area (Å²) in [6.07, 6.45) is 0.788. The number of aryl methyl sites for hydroxylation is 1. The normalized spacial score (nSPS) is 12.1. The van der Waals surface area contributed by atoms with Crippen molar-refractivity contribution in [2.45, 2.75) is 33.4 Å². The number of nitrogens with zero attached hydrogens (tertiary/aromatic N) is 2. The molecule has 32 heavy (non-hydrogen) atoms. The van der Waals surface area contributed by atoms with Gasteiger partial charge in [-0.25, -0.2) is 0 Å². The molecule has 2 aromatic heterocycles. The van der Waals surface area contributed by atoms with Crippen molar-refractivity contribution in [3.63, 3.8) is 0 Å². The summed E-state index contributed by atoms with van der Waals surface area (Å²) in [5, 5.41) is 3.92. The van der Waals surface area contributed by atoms with Crippen LogP contribution in [0.1, 0.15) is 39.0 Å². The molecule has 0 atom stereocenters. The second-order valence-electron chi connectivity index (χ2n) is 7.67. The first-order valence-electron chi connectivity index (χ1n) is 10.6. The van der Waals surface area contributed by atoms with E-state index in [1.54, 1.807) is 22.3 Å². The van der Waals surface area contributed by atoms with Crippen molar-refractivity contribution < 1.29 is 19.1 Å². The standard InChI is InChI=1S/C24H26N2O4S2/c1-3-9-25(24(28)21-5-4-10-31-21)15-23(27)26(14-22-17(2)8-11-32-22)13-18-6-7-19-20(12-18)30-16-29-19/h4-8,10-12H,3,9,13-16H2,1-2H3. The van der Waals surface area contributed by atoms with Crippen molar-refractivity contribution in [1.29, 1.82) is 0 Å². The van der Waals surface area contributed by atoms with Gasteiger partial charge in [0.05, 0.1) is 11.4 Å². The van der Waals surface area contributed by atoms with Gasteiger partial charge < -0.3 is 19.3 Å². The van der Waals surface area contributed by atoms with Crippen molar-refractivity contribution in [3.8, 4) is 11.5 Å². The van der Waals surface area contributed by atoms with E-state index in [9.17, 15) is 9.59 Å². The zero-order chi connectivity index (χ0) is 22.5.